The lowest BCUT2D eigenvalue weighted by Crippen LogP contribution is -2.33. The summed E-state index contributed by atoms with van der Waals surface area (Å²) in [5.74, 6) is 0.266. The number of carbonyl (C=O) groups excluding carboxylic acids is 1. The molecule has 1 aliphatic rings. The van der Waals surface area contributed by atoms with Crippen molar-refractivity contribution in [2.45, 2.75) is 19.4 Å². The van der Waals surface area contributed by atoms with Gasteiger partial charge < -0.3 is 15.0 Å². The third kappa shape index (κ3) is 2.61. The lowest BCUT2D eigenvalue weighted by atomic mass is 9.97. The second kappa shape index (κ2) is 4.94. The molecule has 2 rings (SSSR count). The molecule has 1 fully saturated rings. The van der Waals surface area contributed by atoms with Crippen LogP contribution < -0.4 is 0 Å². The number of hydrogen-bond acceptors (Lipinski definition) is 4. The van der Waals surface area contributed by atoms with Gasteiger partial charge in [0.1, 0.15) is 12.4 Å². The van der Waals surface area contributed by atoms with E-state index in [0.29, 0.717) is 12.5 Å². The van der Waals surface area contributed by atoms with E-state index in [1.165, 1.54) is 6.20 Å². The smallest absolute Gasteiger partial charge is 0.390 e. The van der Waals surface area contributed by atoms with E-state index in [2.05, 4.69) is 4.98 Å². The van der Waals surface area contributed by atoms with Gasteiger partial charge in [-0.05, 0) is 23.7 Å². The van der Waals surface area contributed by atoms with Crippen molar-refractivity contribution in [3.05, 3.63) is 22.5 Å². The lowest BCUT2D eigenvalue weighted by molar-refractivity contribution is -0.396. The minimum absolute atomic E-state index is 0.109. The maximum Gasteiger partial charge on any atom is 0.434 e. The number of piperidine rings is 1. The van der Waals surface area contributed by atoms with Crippen molar-refractivity contribution in [1.29, 1.82) is 0 Å². The highest BCUT2D eigenvalue weighted by Crippen LogP contribution is 2.20. The fourth-order valence-electron chi connectivity index (χ4n) is 2.13. The average Bonchev–Trinajstić information content (AvgIpc) is 2.78. The largest absolute Gasteiger partial charge is 0.434 e. The van der Waals surface area contributed by atoms with Crippen molar-refractivity contribution in [2.24, 2.45) is 5.92 Å². The molecule has 1 amide bonds. The summed E-state index contributed by atoms with van der Waals surface area (Å²) >= 11 is 0. The first-order valence-corrected chi connectivity index (χ1v) is 5.55. The Kier molecular flexibility index (Phi) is 3.36. The molecule has 1 aliphatic heterocycles. The molecule has 1 aromatic rings. The number of likely N-dealkylation sites (tertiary alicyclic amines) is 1. The highest BCUT2D eigenvalue weighted by molar-refractivity contribution is 5.47. The predicted octanol–water partition coefficient (Wildman–Crippen LogP) is 0.660. The van der Waals surface area contributed by atoms with Crippen LogP contribution in [0.4, 0.5) is 5.95 Å². The van der Waals surface area contributed by atoms with E-state index in [0.717, 1.165) is 32.3 Å². The fraction of sp³-hybridized carbons (Fsp3) is 0.600. The average molecular weight is 238 g/mol. The maximum absolute atomic E-state index is 10.7. The van der Waals surface area contributed by atoms with Crippen molar-refractivity contribution in [2.75, 3.05) is 13.1 Å². The van der Waals surface area contributed by atoms with Gasteiger partial charge in [-0.15, -0.1) is 0 Å². The van der Waals surface area contributed by atoms with Gasteiger partial charge in [0.25, 0.3) is 0 Å². The molecule has 7 nitrogen and oxygen atoms in total. The van der Waals surface area contributed by atoms with Crippen LogP contribution in [-0.2, 0) is 11.3 Å². The molecule has 1 saturated heterocycles. The Bertz CT molecular complexity index is 409. The topological polar surface area (TPSA) is 81.3 Å². The first-order chi connectivity index (χ1) is 8.20. The Morgan fingerprint density at radius 2 is 2.24 bits per heavy atom. The Hall–Kier alpha value is -1.92. The van der Waals surface area contributed by atoms with Crippen LogP contribution in [0, 0.1) is 16.0 Å². The fourth-order valence-corrected chi connectivity index (χ4v) is 2.13. The molecule has 0 bridgehead atoms. The SMILES string of the molecule is O=CN1CCC(Cn2ccnc2[N+](=O)[O-])CC1. The number of rotatable bonds is 4. The normalized spacial score (nSPS) is 17.1. The molecule has 0 unspecified atom stereocenters. The van der Waals surface area contributed by atoms with Crippen LogP contribution >= 0.6 is 0 Å². The molecule has 0 atom stereocenters. The third-order valence-corrected chi connectivity index (χ3v) is 3.11. The number of imidazole rings is 1. The molecule has 1 aromatic heterocycles. The molecule has 17 heavy (non-hydrogen) atoms. The van der Waals surface area contributed by atoms with Gasteiger partial charge in [-0.3, -0.25) is 4.79 Å². The summed E-state index contributed by atoms with van der Waals surface area (Å²) in [4.78, 5) is 26.2. The monoisotopic (exact) mass is 238 g/mol. The van der Waals surface area contributed by atoms with E-state index >= 15 is 0 Å². The first kappa shape index (κ1) is 11.6. The summed E-state index contributed by atoms with van der Waals surface area (Å²) in [6.45, 7) is 2.07. The number of hydrogen-bond donors (Lipinski definition) is 0. The van der Waals surface area contributed by atoms with Gasteiger partial charge in [-0.2, -0.15) is 0 Å². The highest BCUT2D eigenvalue weighted by Gasteiger charge is 2.22. The van der Waals surface area contributed by atoms with Crippen molar-refractivity contribution in [3.8, 4) is 0 Å². The summed E-state index contributed by atoms with van der Waals surface area (Å²) in [5.41, 5.74) is 0. The lowest BCUT2D eigenvalue weighted by Gasteiger charge is -2.28. The molecule has 0 aromatic carbocycles. The van der Waals surface area contributed by atoms with Crippen LogP contribution in [0.3, 0.4) is 0 Å². The summed E-state index contributed by atoms with van der Waals surface area (Å²) < 4.78 is 1.57. The van der Waals surface area contributed by atoms with E-state index in [-0.39, 0.29) is 5.95 Å². The molecule has 0 radical (unpaired) electrons. The Morgan fingerprint density at radius 1 is 1.53 bits per heavy atom. The van der Waals surface area contributed by atoms with Crippen molar-refractivity contribution in [3.63, 3.8) is 0 Å². The summed E-state index contributed by atoms with van der Waals surface area (Å²) in [7, 11) is 0. The van der Waals surface area contributed by atoms with Gasteiger partial charge in [0.2, 0.25) is 6.41 Å². The van der Waals surface area contributed by atoms with Crippen LogP contribution in [-0.4, -0.2) is 38.9 Å². The first-order valence-electron chi connectivity index (χ1n) is 5.55. The quantitative estimate of drug-likeness (QED) is 0.438. The van der Waals surface area contributed by atoms with E-state index in [1.807, 2.05) is 0 Å². The van der Waals surface area contributed by atoms with E-state index in [4.69, 9.17) is 0 Å². The maximum atomic E-state index is 10.7. The van der Waals surface area contributed by atoms with E-state index in [9.17, 15) is 14.9 Å². The van der Waals surface area contributed by atoms with Crippen molar-refractivity contribution < 1.29 is 9.72 Å². The molecule has 7 heteroatoms. The number of aromatic nitrogens is 2. The molecule has 2 heterocycles. The number of amides is 1. The van der Waals surface area contributed by atoms with Crippen LogP contribution in [0.15, 0.2) is 12.4 Å². The Morgan fingerprint density at radius 3 is 2.82 bits per heavy atom. The minimum atomic E-state index is -0.472. The standard InChI is InChI=1S/C10H14N4O3/c15-8-12-4-1-9(2-5-12)7-13-6-3-11-10(13)14(16)17/h3,6,8-9H,1-2,4-5,7H2. The van der Waals surface area contributed by atoms with Crippen molar-refractivity contribution in [1.82, 2.24) is 14.5 Å². The zero-order chi connectivity index (χ0) is 12.3. The molecule has 0 N–H and O–H groups in total. The van der Waals surface area contributed by atoms with Gasteiger partial charge in [-0.1, -0.05) is 4.98 Å². The number of carbonyl (C=O) groups is 1. The Balaban J connectivity index is 1.95. The van der Waals surface area contributed by atoms with Crippen LogP contribution in [0.25, 0.3) is 0 Å². The molecule has 0 aliphatic carbocycles. The summed E-state index contributed by atoms with van der Waals surface area (Å²) in [5, 5.41) is 10.7. The van der Waals surface area contributed by atoms with Gasteiger partial charge in [-0.25, -0.2) is 4.57 Å². The van der Waals surface area contributed by atoms with E-state index in [1.54, 1.807) is 15.7 Å². The van der Waals surface area contributed by atoms with Gasteiger partial charge >= 0.3 is 5.95 Å². The second-order valence-electron chi connectivity index (χ2n) is 4.22. The van der Waals surface area contributed by atoms with Crippen LogP contribution in [0.5, 0.6) is 0 Å². The van der Waals surface area contributed by atoms with E-state index < -0.39 is 4.92 Å². The molecular formula is C10H14N4O3. The minimum Gasteiger partial charge on any atom is -0.390 e. The number of nitro groups is 1. The zero-order valence-corrected chi connectivity index (χ0v) is 9.36. The number of nitrogens with zero attached hydrogens (tertiary/aromatic N) is 4. The zero-order valence-electron chi connectivity index (χ0n) is 9.36. The summed E-state index contributed by atoms with van der Waals surface area (Å²) in [6, 6.07) is 0. The van der Waals surface area contributed by atoms with Crippen LogP contribution in [0.1, 0.15) is 12.8 Å². The third-order valence-electron chi connectivity index (χ3n) is 3.11. The molecule has 92 valence electrons. The van der Waals surface area contributed by atoms with Gasteiger partial charge in [0, 0.05) is 13.1 Å². The van der Waals surface area contributed by atoms with Crippen LogP contribution in [0.2, 0.25) is 0 Å². The van der Waals surface area contributed by atoms with Crippen molar-refractivity contribution >= 4 is 12.4 Å². The highest BCUT2D eigenvalue weighted by atomic mass is 16.6. The molecular weight excluding hydrogens is 224 g/mol. The van der Waals surface area contributed by atoms with Gasteiger partial charge in [0.15, 0.2) is 0 Å². The molecule has 0 saturated carbocycles. The Labute approximate surface area is 98.2 Å². The summed E-state index contributed by atoms with van der Waals surface area (Å²) in [6.07, 6.45) is 5.70. The predicted molar refractivity (Wildman–Crippen MR) is 59.2 cm³/mol. The second-order valence-corrected chi connectivity index (χ2v) is 4.22. The molecule has 0 spiro atoms. The van der Waals surface area contributed by atoms with Gasteiger partial charge in [0.05, 0.1) is 6.54 Å².